The van der Waals surface area contributed by atoms with Crippen molar-refractivity contribution in [2.24, 2.45) is 0 Å². The zero-order valence-electron chi connectivity index (χ0n) is 12.6. The second-order valence-electron chi connectivity index (χ2n) is 5.66. The number of hydrogen-bond donors (Lipinski definition) is 1. The van der Waals surface area contributed by atoms with Gasteiger partial charge in [-0.3, -0.25) is 9.69 Å². The third kappa shape index (κ3) is 2.39. The van der Waals surface area contributed by atoms with Crippen molar-refractivity contribution in [3.63, 3.8) is 0 Å². The van der Waals surface area contributed by atoms with Crippen LogP contribution in [0.1, 0.15) is 30.4 Å². The van der Waals surface area contributed by atoms with Crippen molar-refractivity contribution < 1.29 is 9.90 Å². The number of amides is 1. The molecule has 1 amide bonds. The number of carbonyl (C=O) groups is 1. The number of nitrogens with zero attached hydrogens (tertiary/aromatic N) is 1. The van der Waals surface area contributed by atoms with Gasteiger partial charge in [-0.1, -0.05) is 36.9 Å². The van der Waals surface area contributed by atoms with Crippen LogP contribution in [0.3, 0.4) is 0 Å². The Morgan fingerprint density at radius 2 is 2.09 bits per heavy atom. The molecule has 3 rings (SSSR count). The van der Waals surface area contributed by atoms with E-state index in [1.165, 1.54) is 10.5 Å². The van der Waals surface area contributed by atoms with E-state index in [1.54, 1.807) is 25.3 Å². The van der Waals surface area contributed by atoms with Gasteiger partial charge in [-0.05, 0) is 43.0 Å². The molecule has 112 valence electrons. The van der Waals surface area contributed by atoms with E-state index in [0.29, 0.717) is 11.3 Å². The lowest BCUT2D eigenvalue weighted by Crippen LogP contribution is -2.29. The minimum absolute atomic E-state index is 0.0548. The lowest BCUT2D eigenvalue weighted by molar-refractivity contribution is -0.123. The fourth-order valence-corrected chi connectivity index (χ4v) is 3.22. The highest BCUT2D eigenvalue weighted by Crippen LogP contribution is 2.40. The van der Waals surface area contributed by atoms with Gasteiger partial charge in [0.25, 0.3) is 5.91 Å². The van der Waals surface area contributed by atoms with Gasteiger partial charge in [0.1, 0.15) is 0 Å². The largest absolute Gasteiger partial charge is 0.512 e. The van der Waals surface area contributed by atoms with Gasteiger partial charge < -0.3 is 5.11 Å². The van der Waals surface area contributed by atoms with Crippen LogP contribution < -0.4 is 0 Å². The molecule has 0 radical (unpaired) electrons. The summed E-state index contributed by atoms with van der Waals surface area (Å²) in [6.45, 7) is 5.48. The third-order valence-electron chi connectivity index (χ3n) is 4.26. The van der Waals surface area contributed by atoms with Crippen LogP contribution in [0.2, 0.25) is 0 Å². The molecular formula is C19H19NO2. The van der Waals surface area contributed by atoms with Gasteiger partial charge in [-0.15, -0.1) is 0 Å². The summed E-state index contributed by atoms with van der Waals surface area (Å²) < 4.78 is 0. The molecule has 1 aromatic rings. The Labute approximate surface area is 130 Å². The normalized spacial score (nSPS) is 20.9. The lowest BCUT2D eigenvalue weighted by Gasteiger charge is -2.25. The highest BCUT2D eigenvalue weighted by atomic mass is 16.3. The molecule has 0 fully saturated rings. The topological polar surface area (TPSA) is 40.5 Å². The van der Waals surface area contributed by atoms with Crippen LogP contribution in [0.25, 0.3) is 0 Å². The maximum atomic E-state index is 12.9. The fraction of sp³-hybridized carbons (Fsp3) is 0.211. The number of allylic oxidation sites excluding steroid dienone is 4. The molecule has 1 heterocycles. The molecule has 0 aromatic heterocycles. The molecule has 3 nitrogen and oxygen atoms in total. The molecule has 3 heteroatoms. The molecule has 2 aliphatic rings. The van der Waals surface area contributed by atoms with E-state index in [-0.39, 0.29) is 17.6 Å². The van der Waals surface area contributed by atoms with Crippen LogP contribution in [0.4, 0.5) is 0 Å². The Kier molecular flexibility index (Phi) is 3.72. The van der Waals surface area contributed by atoms with Gasteiger partial charge in [-0.2, -0.15) is 0 Å². The van der Waals surface area contributed by atoms with Gasteiger partial charge in [-0.25, -0.2) is 0 Å². The van der Waals surface area contributed by atoms with Crippen LogP contribution >= 0.6 is 0 Å². The number of aryl methyl sites for hydroxylation is 1. The number of fused-ring (bicyclic) bond motifs is 1. The van der Waals surface area contributed by atoms with E-state index in [0.717, 1.165) is 18.4 Å². The summed E-state index contributed by atoms with van der Waals surface area (Å²) in [4.78, 5) is 14.4. The van der Waals surface area contributed by atoms with Gasteiger partial charge in [0, 0.05) is 17.8 Å². The Balaban J connectivity index is 1.98. The van der Waals surface area contributed by atoms with E-state index in [1.807, 2.05) is 24.3 Å². The molecular weight excluding hydrogens is 274 g/mol. The predicted octanol–water partition coefficient (Wildman–Crippen LogP) is 3.97. The van der Waals surface area contributed by atoms with Crippen molar-refractivity contribution in [1.29, 1.82) is 0 Å². The Bertz CT molecular complexity index is 721. The van der Waals surface area contributed by atoms with Crippen LogP contribution in [0.15, 0.2) is 72.3 Å². The fourth-order valence-electron chi connectivity index (χ4n) is 3.22. The van der Waals surface area contributed by atoms with Crippen molar-refractivity contribution in [3.8, 4) is 0 Å². The van der Waals surface area contributed by atoms with E-state index in [4.69, 9.17) is 0 Å². The molecule has 0 saturated heterocycles. The second kappa shape index (κ2) is 5.68. The average molecular weight is 293 g/mol. The Morgan fingerprint density at radius 3 is 2.82 bits per heavy atom. The molecule has 1 N–H and O–H groups in total. The standard InChI is InChI=1S/C19H19NO2/c1-13-7-5-6-12-20(13)19(22)18(14(2)21)17-11-10-15-8-3-4-9-16(15)17/h3-9,12,17,21H,1,10-11H2,2H3/b18-14+. The summed E-state index contributed by atoms with van der Waals surface area (Å²) in [5, 5.41) is 10.1. The van der Waals surface area contributed by atoms with Gasteiger partial charge in [0.15, 0.2) is 0 Å². The molecule has 0 bridgehead atoms. The van der Waals surface area contributed by atoms with Crippen molar-refractivity contribution in [2.75, 3.05) is 0 Å². The third-order valence-corrected chi connectivity index (χ3v) is 4.26. The first-order valence-electron chi connectivity index (χ1n) is 7.44. The van der Waals surface area contributed by atoms with Crippen molar-refractivity contribution in [2.45, 2.75) is 25.7 Å². The number of carbonyl (C=O) groups excluding carboxylic acids is 1. The summed E-state index contributed by atoms with van der Waals surface area (Å²) in [5.74, 6) is -0.171. The van der Waals surface area contributed by atoms with Crippen LogP contribution in [-0.2, 0) is 11.2 Å². The summed E-state index contributed by atoms with van der Waals surface area (Å²) >= 11 is 0. The highest BCUT2D eigenvalue weighted by molar-refractivity contribution is 5.97. The van der Waals surface area contributed by atoms with Crippen LogP contribution in [-0.4, -0.2) is 15.9 Å². The Morgan fingerprint density at radius 1 is 1.32 bits per heavy atom. The smallest absolute Gasteiger partial charge is 0.262 e. The first-order chi connectivity index (χ1) is 10.6. The molecule has 0 spiro atoms. The first kappa shape index (κ1) is 14.4. The van der Waals surface area contributed by atoms with E-state index >= 15 is 0 Å². The number of rotatable bonds is 2. The molecule has 1 unspecified atom stereocenters. The van der Waals surface area contributed by atoms with Crippen molar-refractivity contribution in [3.05, 3.63) is 83.4 Å². The van der Waals surface area contributed by atoms with Gasteiger partial charge in [0.2, 0.25) is 0 Å². The summed E-state index contributed by atoms with van der Waals surface area (Å²) in [6.07, 6.45) is 8.88. The molecule has 1 aromatic carbocycles. The molecule has 1 atom stereocenters. The quantitative estimate of drug-likeness (QED) is 0.662. The highest BCUT2D eigenvalue weighted by Gasteiger charge is 2.33. The van der Waals surface area contributed by atoms with E-state index in [2.05, 4.69) is 12.6 Å². The summed E-state index contributed by atoms with van der Waals surface area (Å²) in [7, 11) is 0. The molecule has 22 heavy (non-hydrogen) atoms. The molecule has 1 aliphatic carbocycles. The second-order valence-corrected chi connectivity index (χ2v) is 5.66. The van der Waals surface area contributed by atoms with Crippen molar-refractivity contribution >= 4 is 5.91 Å². The van der Waals surface area contributed by atoms with E-state index < -0.39 is 0 Å². The SMILES string of the molecule is C=C1C=CC=CN1C(=O)/C(=C(\C)O)C1CCc2ccccc21. The minimum atomic E-state index is -0.202. The van der Waals surface area contributed by atoms with Gasteiger partial charge in [0.05, 0.1) is 11.3 Å². The monoisotopic (exact) mass is 293 g/mol. The van der Waals surface area contributed by atoms with E-state index in [9.17, 15) is 9.90 Å². The maximum absolute atomic E-state index is 12.9. The summed E-state index contributed by atoms with van der Waals surface area (Å²) in [6, 6.07) is 8.13. The number of hydrogen-bond acceptors (Lipinski definition) is 2. The maximum Gasteiger partial charge on any atom is 0.262 e. The van der Waals surface area contributed by atoms with Gasteiger partial charge >= 0.3 is 0 Å². The van der Waals surface area contributed by atoms with Crippen molar-refractivity contribution in [1.82, 2.24) is 4.90 Å². The zero-order chi connectivity index (χ0) is 15.7. The number of aliphatic hydroxyl groups excluding tert-OH is 1. The van der Waals surface area contributed by atoms with Crippen LogP contribution in [0, 0.1) is 0 Å². The molecule has 0 saturated carbocycles. The molecule has 1 aliphatic heterocycles. The first-order valence-corrected chi connectivity index (χ1v) is 7.44. The lowest BCUT2D eigenvalue weighted by atomic mass is 9.90. The minimum Gasteiger partial charge on any atom is -0.512 e. The Hall–Kier alpha value is -2.55. The zero-order valence-corrected chi connectivity index (χ0v) is 12.6. The average Bonchev–Trinajstić information content (AvgIpc) is 2.91. The number of aliphatic hydroxyl groups is 1. The summed E-state index contributed by atoms with van der Waals surface area (Å²) in [5.41, 5.74) is 3.47. The van der Waals surface area contributed by atoms with Crippen LogP contribution in [0.5, 0.6) is 0 Å². The predicted molar refractivity (Wildman–Crippen MR) is 87.1 cm³/mol. The number of benzene rings is 1.